The van der Waals surface area contributed by atoms with E-state index < -0.39 is 7.60 Å². The lowest BCUT2D eigenvalue weighted by atomic mass is 10.3. The SMILES string of the molecule is CCOP(=O)(OCC)C1=C(NC(C)C)CCC1. The molecule has 0 saturated carbocycles. The fraction of sp³-hybridized carbons (Fsp3) is 0.833. The third-order valence-electron chi connectivity index (χ3n) is 2.58. The van der Waals surface area contributed by atoms with E-state index in [0.717, 1.165) is 30.3 Å². The van der Waals surface area contributed by atoms with Crippen molar-refractivity contribution in [1.29, 1.82) is 0 Å². The van der Waals surface area contributed by atoms with Crippen molar-refractivity contribution in [3.8, 4) is 0 Å². The van der Waals surface area contributed by atoms with Crippen LogP contribution in [0.4, 0.5) is 0 Å². The highest BCUT2D eigenvalue weighted by Crippen LogP contribution is 2.60. The molecule has 0 aromatic rings. The molecule has 0 aromatic heterocycles. The average Bonchev–Trinajstić information content (AvgIpc) is 2.66. The maximum absolute atomic E-state index is 12.7. The fourth-order valence-electron chi connectivity index (χ4n) is 2.07. The minimum absolute atomic E-state index is 0.342. The van der Waals surface area contributed by atoms with Gasteiger partial charge in [-0.3, -0.25) is 4.57 Å². The number of nitrogens with one attached hydrogen (secondary N) is 1. The van der Waals surface area contributed by atoms with Crippen LogP contribution in [0, 0.1) is 0 Å². The van der Waals surface area contributed by atoms with E-state index >= 15 is 0 Å². The van der Waals surface area contributed by atoms with Crippen LogP contribution < -0.4 is 5.32 Å². The largest absolute Gasteiger partial charge is 0.386 e. The summed E-state index contributed by atoms with van der Waals surface area (Å²) in [6.45, 7) is 8.67. The van der Waals surface area contributed by atoms with Crippen molar-refractivity contribution in [3.05, 3.63) is 11.0 Å². The molecule has 0 spiro atoms. The molecule has 0 heterocycles. The molecule has 0 bridgehead atoms. The second-order valence-corrected chi connectivity index (χ2v) is 6.46. The molecule has 5 heteroatoms. The first-order chi connectivity index (χ1) is 8.03. The average molecular weight is 261 g/mol. The molecule has 0 amide bonds. The van der Waals surface area contributed by atoms with Crippen LogP contribution in [0.2, 0.25) is 0 Å². The minimum atomic E-state index is -3.06. The maximum Gasteiger partial charge on any atom is 0.359 e. The van der Waals surface area contributed by atoms with E-state index in [9.17, 15) is 4.57 Å². The smallest absolute Gasteiger partial charge is 0.359 e. The van der Waals surface area contributed by atoms with E-state index in [2.05, 4.69) is 19.2 Å². The van der Waals surface area contributed by atoms with Gasteiger partial charge in [0.05, 0.1) is 18.5 Å². The summed E-state index contributed by atoms with van der Waals surface area (Å²) in [5, 5.41) is 4.22. The van der Waals surface area contributed by atoms with Crippen LogP contribution >= 0.6 is 7.60 Å². The van der Waals surface area contributed by atoms with E-state index in [-0.39, 0.29) is 0 Å². The lowest BCUT2D eigenvalue weighted by molar-refractivity contribution is 0.225. The van der Waals surface area contributed by atoms with Crippen LogP contribution in [-0.2, 0) is 13.6 Å². The van der Waals surface area contributed by atoms with Crippen molar-refractivity contribution < 1.29 is 13.6 Å². The molecule has 100 valence electrons. The Labute approximate surface area is 104 Å². The van der Waals surface area contributed by atoms with Gasteiger partial charge in [0, 0.05) is 11.7 Å². The second kappa shape index (κ2) is 6.58. The third-order valence-corrected chi connectivity index (χ3v) is 4.93. The van der Waals surface area contributed by atoms with Crippen LogP contribution in [0.15, 0.2) is 11.0 Å². The summed E-state index contributed by atoms with van der Waals surface area (Å²) in [5.41, 5.74) is 1.06. The van der Waals surface area contributed by atoms with Gasteiger partial charge >= 0.3 is 7.60 Å². The summed E-state index contributed by atoms with van der Waals surface area (Å²) < 4.78 is 23.5. The fourth-order valence-corrected chi connectivity index (χ4v) is 4.07. The molecule has 0 fully saturated rings. The molecule has 0 aliphatic heterocycles. The van der Waals surface area contributed by atoms with Crippen molar-refractivity contribution in [3.63, 3.8) is 0 Å². The Morgan fingerprint density at radius 3 is 2.29 bits per heavy atom. The van der Waals surface area contributed by atoms with Gasteiger partial charge < -0.3 is 14.4 Å². The standard InChI is InChI=1S/C12H24NO3P/c1-5-15-17(14,16-6-2)12-9-7-8-11(12)13-10(3)4/h10,13H,5-9H2,1-4H3. The number of hydrogen-bond acceptors (Lipinski definition) is 4. The molecular formula is C12H24NO3P. The van der Waals surface area contributed by atoms with E-state index in [0.29, 0.717) is 19.3 Å². The molecule has 1 rings (SSSR count). The zero-order valence-electron chi connectivity index (χ0n) is 11.3. The summed E-state index contributed by atoms with van der Waals surface area (Å²) in [6.07, 6.45) is 2.78. The van der Waals surface area contributed by atoms with Gasteiger partial charge in [-0.1, -0.05) is 0 Å². The van der Waals surface area contributed by atoms with E-state index in [1.165, 1.54) is 0 Å². The molecule has 4 nitrogen and oxygen atoms in total. The summed E-state index contributed by atoms with van der Waals surface area (Å²) >= 11 is 0. The van der Waals surface area contributed by atoms with Crippen molar-refractivity contribution in [2.24, 2.45) is 0 Å². The summed E-state index contributed by atoms with van der Waals surface area (Å²) in [6, 6.07) is 0.342. The van der Waals surface area contributed by atoms with Gasteiger partial charge in [-0.15, -0.1) is 0 Å². The quantitative estimate of drug-likeness (QED) is 0.711. The van der Waals surface area contributed by atoms with Crippen molar-refractivity contribution >= 4 is 7.60 Å². The Morgan fingerprint density at radius 1 is 1.24 bits per heavy atom. The maximum atomic E-state index is 12.7. The molecular weight excluding hydrogens is 237 g/mol. The number of allylic oxidation sites excluding steroid dienone is 2. The molecule has 1 aliphatic carbocycles. The molecule has 17 heavy (non-hydrogen) atoms. The highest BCUT2D eigenvalue weighted by atomic mass is 31.2. The Balaban J connectivity index is 2.94. The molecule has 1 N–H and O–H groups in total. The number of rotatable bonds is 7. The third kappa shape index (κ3) is 3.84. The monoisotopic (exact) mass is 261 g/mol. The highest BCUT2D eigenvalue weighted by molar-refractivity contribution is 7.58. The zero-order valence-corrected chi connectivity index (χ0v) is 12.2. The Bertz CT molecular complexity index is 316. The Hall–Kier alpha value is -0.310. The van der Waals surface area contributed by atoms with Crippen LogP contribution in [-0.4, -0.2) is 19.3 Å². The van der Waals surface area contributed by atoms with Crippen LogP contribution in [0.5, 0.6) is 0 Å². The van der Waals surface area contributed by atoms with Gasteiger partial charge in [-0.05, 0) is 47.0 Å². The summed E-state index contributed by atoms with van der Waals surface area (Å²) in [7, 11) is -3.06. The first kappa shape index (κ1) is 14.7. The first-order valence-electron chi connectivity index (χ1n) is 6.41. The van der Waals surface area contributed by atoms with E-state index in [4.69, 9.17) is 9.05 Å². The Morgan fingerprint density at radius 2 is 1.82 bits per heavy atom. The molecule has 0 aromatic carbocycles. The van der Waals surface area contributed by atoms with Crippen LogP contribution in [0.1, 0.15) is 47.0 Å². The van der Waals surface area contributed by atoms with Gasteiger partial charge in [0.1, 0.15) is 0 Å². The first-order valence-corrected chi connectivity index (χ1v) is 7.96. The van der Waals surface area contributed by atoms with Crippen molar-refractivity contribution in [1.82, 2.24) is 5.32 Å². The lowest BCUT2D eigenvalue weighted by Gasteiger charge is -2.21. The summed E-state index contributed by atoms with van der Waals surface area (Å²) in [5.74, 6) is 0. The van der Waals surface area contributed by atoms with Gasteiger partial charge in [0.25, 0.3) is 0 Å². The van der Waals surface area contributed by atoms with E-state index in [1.54, 1.807) is 0 Å². The minimum Gasteiger partial charge on any atom is -0.386 e. The zero-order chi connectivity index (χ0) is 12.9. The summed E-state index contributed by atoms with van der Waals surface area (Å²) in [4.78, 5) is 0. The predicted molar refractivity (Wildman–Crippen MR) is 70.0 cm³/mol. The van der Waals surface area contributed by atoms with Gasteiger partial charge in [0.2, 0.25) is 0 Å². The molecule has 0 radical (unpaired) electrons. The molecule has 0 atom stereocenters. The normalized spacial score (nSPS) is 17.0. The lowest BCUT2D eigenvalue weighted by Crippen LogP contribution is -2.22. The predicted octanol–water partition coefficient (Wildman–Crippen LogP) is 3.65. The molecule has 0 saturated heterocycles. The molecule has 0 unspecified atom stereocenters. The van der Waals surface area contributed by atoms with Gasteiger partial charge in [0.15, 0.2) is 0 Å². The topological polar surface area (TPSA) is 47.6 Å². The number of hydrogen-bond donors (Lipinski definition) is 1. The van der Waals surface area contributed by atoms with Crippen LogP contribution in [0.3, 0.4) is 0 Å². The van der Waals surface area contributed by atoms with Gasteiger partial charge in [-0.25, -0.2) is 0 Å². The second-order valence-electron chi connectivity index (χ2n) is 4.41. The highest BCUT2D eigenvalue weighted by Gasteiger charge is 2.34. The van der Waals surface area contributed by atoms with Crippen molar-refractivity contribution in [2.75, 3.05) is 13.2 Å². The molecule has 1 aliphatic rings. The van der Waals surface area contributed by atoms with Gasteiger partial charge in [-0.2, -0.15) is 0 Å². The van der Waals surface area contributed by atoms with Crippen molar-refractivity contribution in [2.45, 2.75) is 53.0 Å². The Kier molecular flexibility index (Phi) is 5.71. The van der Waals surface area contributed by atoms with E-state index in [1.807, 2.05) is 13.8 Å². The van der Waals surface area contributed by atoms with Crippen LogP contribution in [0.25, 0.3) is 0 Å².